The molecule has 1 rings (SSSR count). The van der Waals surface area contributed by atoms with Crippen molar-refractivity contribution in [1.29, 1.82) is 0 Å². The molecule has 50 valence electrons. The van der Waals surface area contributed by atoms with Crippen molar-refractivity contribution in [3.8, 4) is 0 Å². The molecular weight excluding hydrogens is 126 g/mol. The average molecular weight is 138 g/mol. The van der Waals surface area contributed by atoms with Crippen molar-refractivity contribution >= 4 is 12.4 Å². The van der Waals surface area contributed by atoms with E-state index >= 15 is 0 Å². The summed E-state index contributed by atoms with van der Waals surface area (Å²) in [4.78, 5) is 0. The Morgan fingerprint density at radius 1 is 1.62 bits per heavy atom. The number of hydrogen-bond donors (Lipinski definition) is 2. The smallest absolute Gasteiger partial charge is 0.0679 e. The number of halogens is 1. The maximum absolute atomic E-state index is 8.84. The van der Waals surface area contributed by atoms with Crippen LogP contribution in [0.4, 0.5) is 0 Å². The number of β-amino-alcohol motifs (C(OH)–C–C–N with tert-alkyl or cyclic N) is 1. The van der Waals surface area contributed by atoms with E-state index in [0.29, 0.717) is 6.04 Å². The van der Waals surface area contributed by atoms with E-state index in [4.69, 9.17) is 5.11 Å². The van der Waals surface area contributed by atoms with Crippen LogP contribution in [0.1, 0.15) is 13.3 Å². The first-order valence-corrected chi connectivity index (χ1v) is 2.70. The van der Waals surface area contributed by atoms with Gasteiger partial charge in [0.1, 0.15) is 0 Å². The van der Waals surface area contributed by atoms with Gasteiger partial charge < -0.3 is 10.4 Å². The molecule has 0 radical (unpaired) electrons. The lowest BCUT2D eigenvalue weighted by atomic mass is 10.2. The molecule has 1 heterocycles. The second-order valence-corrected chi connectivity index (χ2v) is 2.20. The molecule has 1 fully saturated rings. The first-order valence-electron chi connectivity index (χ1n) is 2.70. The number of aliphatic hydroxyl groups excluding tert-OH is 1. The summed E-state index contributed by atoms with van der Waals surface area (Å²) in [5, 5.41) is 12.0. The van der Waals surface area contributed by atoms with Gasteiger partial charge in [0.25, 0.3) is 0 Å². The molecule has 0 unspecified atom stereocenters. The van der Waals surface area contributed by atoms with Gasteiger partial charge in [0.2, 0.25) is 0 Å². The molecule has 0 amide bonds. The maximum Gasteiger partial charge on any atom is 0.0679 e. The Kier molecular flexibility index (Phi) is 3.36. The molecule has 0 spiro atoms. The summed E-state index contributed by atoms with van der Waals surface area (Å²) in [5.41, 5.74) is 0. The molecule has 2 nitrogen and oxygen atoms in total. The molecular formula is C5H12ClNO. The molecule has 0 bridgehead atoms. The Morgan fingerprint density at radius 2 is 2.25 bits per heavy atom. The zero-order chi connectivity index (χ0) is 5.28. The minimum atomic E-state index is -0.0880. The van der Waals surface area contributed by atoms with Gasteiger partial charge in [-0.2, -0.15) is 0 Å². The minimum Gasteiger partial charge on any atom is -0.392 e. The molecule has 2 N–H and O–H groups in total. The van der Waals surface area contributed by atoms with Gasteiger partial charge in [0.15, 0.2) is 0 Å². The Bertz CT molecular complexity index is 61.4. The van der Waals surface area contributed by atoms with Crippen molar-refractivity contribution in [2.45, 2.75) is 25.5 Å². The van der Waals surface area contributed by atoms with Crippen LogP contribution in [-0.2, 0) is 0 Å². The first kappa shape index (κ1) is 8.21. The fourth-order valence-corrected chi connectivity index (χ4v) is 0.912. The van der Waals surface area contributed by atoms with Crippen molar-refractivity contribution in [2.24, 2.45) is 0 Å². The van der Waals surface area contributed by atoms with Crippen LogP contribution in [0.15, 0.2) is 0 Å². The lowest BCUT2D eigenvalue weighted by Gasteiger charge is -1.95. The van der Waals surface area contributed by atoms with E-state index in [0.717, 1.165) is 13.0 Å². The standard InChI is InChI=1S/C5H11NO.ClH/c1-4-2-5(7)3-6-4;/h4-7H,2-3H2,1H3;1H/t4-,5+;/m1./s1. The van der Waals surface area contributed by atoms with E-state index < -0.39 is 0 Å². The molecule has 1 saturated heterocycles. The number of aliphatic hydroxyl groups is 1. The van der Waals surface area contributed by atoms with Crippen LogP contribution in [0.5, 0.6) is 0 Å². The highest BCUT2D eigenvalue weighted by atomic mass is 35.5. The second kappa shape index (κ2) is 3.28. The van der Waals surface area contributed by atoms with Crippen LogP contribution < -0.4 is 5.32 Å². The molecule has 0 aromatic rings. The van der Waals surface area contributed by atoms with E-state index in [1.807, 2.05) is 0 Å². The van der Waals surface area contributed by atoms with E-state index in [9.17, 15) is 0 Å². The summed E-state index contributed by atoms with van der Waals surface area (Å²) in [6.45, 7) is 2.86. The summed E-state index contributed by atoms with van der Waals surface area (Å²) < 4.78 is 0. The lowest BCUT2D eigenvalue weighted by Crippen LogP contribution is -2.17. The fraction of sp³-hybridized carbons (Fsp3) is 1.00. The molecule has 3 heteroatoms. The van der Waals surface area contributed by atoms with Gasteiger partial charge >= 0.3 is 0 Å². The van der Waals surface area contributed by atoms with Crippen LogP contribution in [0.2, 0.25) is 0 Å². The van der Waals surface area contributed by atoms with Crippen LogP contribution in [0.3, 0.4) is 0 Å². The van der Waals surface area contributed by atoms with Gasteiger partial charge in [-0.3, -0.25) is 0 Å². The summed E-state index contributed by atoms with van der Waals surface area (Å²) in [6.07, 6.45) is 0.829. The molecule has 2 atom stereocenters. The fourth-order valence-electron chi connectivity index (χ4n) is 0.912. The molecule has 1 aliphatic rings. The van der Waals surface area contributed by atoms with Gasteiger partial charge in [-0.1, -0.05) is 0 Å². The highest BCUT2D eigenvalue weighted by Gasteiger charge is 2.16. The monoisotopic (exact) mass is 137 g/mol. The highest BCUT2D eigenvalue weighted by Crippen LogP contribution is 2.03. The third kappa shape index (κ3) is 1.99. The Morgan fingerprint density at radius 3 is 2.38 bits per heavy atom. The zero-order valence-electron chi connectivity index (χ0n) is 4.92. The number of nitrogens with one attached hydrogen (secondary N) is 1. The summed E-state index contributed by atoms with van der Waals surface area (Å²) in [6, 6.07) is 0.523. The third-order valence-electron chi connectivity index (χ3n) is 1.33. The number of hydrogen-bond acceptors (Lipinski definition) is 2. The maximum atomic E-state index is 8.84. The minimum absolute atomic E-state index is 0. The molecule has 0 aromatic heterocycles. The molecule has 0 aromatic carbocycles. The molecule has 0 saturated carbocycles. The molecule has 8 heavy (non-hydrogen) atoms. The van der Waals surface area contributed by atoms with Gasteiger partial charge in [-0.25, -0.2) is 0 Å². The van der Waals surface area contributed by atoms with E-state index in [1.54, 1.807) is 0 Å². The average Bonchev–Trinajstić information content (AvgIpc) is 1.87. The Hall–Kier alpha value is 0.210. The van der Waals surface area contributed by atoms with Crippen LogP contribution in [0, 0.1) is 0 Å². The SMILES string of the molecule is C[C@@H]1C[C@H](O)CN1.Cl. The quantitative estimate of drug-likeness (QED) is 0.498. The first-order chi connectivity index (χ1) is 3.29. The van der Waals surface area contributed by atoms with Crippen molar-refractivity contribution in [3.63, 3.8) is 0 Å². The van der Waals surface area contributed by atoms with Gasteiger partial charge in [0, 0.05) is 12.6 Å². The van der Waals surface area contributed by atoms with Crippen LogP contribution in [0.25, 0.3) is 0 Å². The third-order valence-corrected chi connectivity index (χ3v) is 1.33. The Balaban J connectivity index is 0.000000490. The Labute approximate surface area is 55.7 Å². The summed E-state index contributed by atoms with van der Waals surface area (Å²) in [7, 11) is 0. The summed E-state index contributed by atoms with van der Waals surface area (Å²) in [5.74, 6) is 0. The topological polar surface area (TPSA) is 32.3 Å². The van der Waals surface area contributed by atoms with Crippen molar-refractivity contribution in [3.05, 3.63) is 0 Å². The largest absolute Gasteiger partial charge is 0.392 e. The van der Waals surface area contributed by atoms with Crippen LogP contribution >= 0.6 is 12.4 Å². The molecule has 1 aliphatic heterocycles. The lowest BCUT2D eigenvalue weighted by molar-refractivity contribution is 0.194. The zero-order valence-corrected chi connectivity index (χ0v) is 5.74. The van der Waals surface area contributed by atoms with Crippen LogP contribution in [-0.4, -0.2) is 23.8 Å². The van der Waals surface area contributed by atoms with Gasteiger partial charge in [0.05, 0.1) is 6.10 Å². The van der Waals surface area contributed by atoms with Gasteiger partial charge in [-0.15, -0.1) is 12.4 Å². The van der Waals surface area contributed by atoms with E-state index in [-0.39, 0.29) is 18.5 Å². The van der Waals surface area contributed by atoms with E-state index in [1.165, 1.54) is 0 Å². The predicted molar refractivity (Wildman–Crippen MR) is 35.3 cm³/mol. The van der Waals surface area contributed by atoms with E-state index in [2.05, 4.69) is 12.2 Å². The summed E-state index contributed by atoms with van der Waals surface area (Å²) >= 11 is 0. The second-order valence-electron chi connectivity index (χ2n) is 2.20. The number of rotatable bonds is 0. The van der Waals surface area contributed by atoms with Crippen molar-refractivity contribution in [2.75, 3.05) is 6.54 Å². The van der Waals surface area contributed by atoms with Crippen molar-refractivity contribution in [1.82, 2.24) is 5.32 Å². The van der Waals surface area contributed by atoms with Crippen molar-refractivity contribution < 1.29 is 5.11 Å². The normalized spacial score (nSPS) is 36.8. The molecule has 0 aliphatic carbocycles. The highest BCUT2D eigenvalue weighted by molar-refractivity contribution is 5.85. The van der Waals surface area contributed by atoms with Gasteiger partial charge in [-0.05, 0) is 13.3 Å². The predicted octanol–water partition coefficient (Wildman–Crippen LogP) is 0.151.